The van der Waals surface area contributed by atoms with E-state index in [0.29, 0.717) is 13.0 Å². The summed E-state index contributed by atoms with van der Waals surface area (Å²) in [5, 5.41) is 8.40. The molecule has 1 rings (SSSR count). The number of aliphatic hydroxyl groups is 1. The highest BCUT2D eigenvalue weighted by Gasteiger charge is 2.24. The summed E-state index contributed by atoms with van der Waals surface area (Å²) in [6.45, 7) is 5.90. The molecule has 1 aliphatic rings. The van der Waals surface area contributed by atoms with Crippen LogP contribution in [0.2, 0.25) is 0 Å². The fourth-order valence-electron chi connectivity index (χ4n) is 1.71. The molecule has 4 nitrogen and oxygen atoms in total. The van der Waals surface area contributed by atoms with Crippen LogP contribution in [-0.2, 0) is 4.79 Å². The standard InChI is InChI=1S/C10H19ClN2O2/c1-2-9(11)10(15)13-5-3-12(4-6-13)7-8-14/h9,14H,2-8H2,1H3. The first-order valence-electron chi connectivity index (χ1n) is 5.45. The van der Waals surface area contributed by atoms with Crippen LogP contribution in [0.5, 0.6) is 0 Å². The second kappa shape index (κ2) is 6.30. The number of β-amino-alcohol motifs (C(OH)–C–C–N with tert-alkyl or cyclic N) is 1. The van der Waals surface area contributed by atoms with Crippen molar-refractivity contribution in [2.45, 2.75) is 18.7 Å². The Morgan fingerprint density at radius 1 is 1.40 bits per heavy atom. The van der Waals surface area contributed by atoms with Crippen LogP contribution >= 0.6 is 11.6 Å². The molecule has 0 bridgehead atoms. The van der Waals surface area contributed by atoms with Crippen LogP contribution in [0.15, 0.2) is 0 Å². The number of aliphatic hydroxyl groups excluding tert-OH is 1. The van der Waals surface area contributed by atoms with Crippen LogP contribution in [0.1, 0.15) is 13.3 Å². The van der Waals surface area contributed by atoms with Gasteiger partial charge in [-0.25, -0.2) is 0 Å². The molecule has 0 radical (unpaired) electrons. The van der Waals surface area contributed by atoms with Crippen molar-refractivity contribution in [3.63, 3.8) is 0 Å². The molecule has 1 N–H and O–H groups in total. The van der Waals surface area contributed by atoms with Gasteiger partial charge in [0.05, 0.1) is 6.61 Å². The van der Waals surface area contributed by atoms with Crippen LogP contribution in [0, 0.1) is 0 Å². The average Bonchev–Trinajstić information content (AvgIpc) is 2.28. The molecule has 1 atom stereocenters. The molecule has 1 heterocycles. The van der Waals surface area contributed by atoms with Gasteiger partial charge in [-0.2, -0.15) is 0 Å². The number of alkyl halides is 1. The smallest absolute Gasteiger partial charge is 0.240 e. The number of piperazine rings is 1. The fraction of sp³-hybridized carbons (Fsp3) is 0.900. The van der Waals surface area contributed by atoms with Crippen molar-refractivity contribution in [1.82, 2.24) is 9.80 Å². The Hall–Kier alpha value is -0.320. The van der Waals surface area contributed by atoms with E-state index in [0.717, 1.165) is 26.2 Å². The highest BCUT2D eigenvalue weighted by molar-refractivity contribution is 6.30. The van der Waals surface area contributed by atoms with E-state index in [1.165, 1.54) is 0 Å². The van der Waals surface area contributed by atoms with Gasteiger partial charge in [-0.3, -0.25) is 9.69 Å². The summed E-state index contributed by atoms with van der Waals surface area (Å²) in [7, 11) is 0. The van der Waals surface area contributed by atoms with Crippen molar-refractivity contribution in [3.05, 3.63) is 0 Å². The number of halogens is 1. The lowest BCUT2D eigenvalue weighted by molar-refractivity contribution is -0.132. The number of nitrogens with zero attached hydrogens (tertiary/aromatic N) is 2. The average molecular weight is 235 g/mol. The zero-order chi connectivity index (χ0) is 11.3. The SMILES string of the molecule is CCC(Cl)C(=O)N1CCN(CCO)CC1. The molecular weight excluding hydrogens is 216 g/mol. The van der Waals surface area contributed by atoms with Crippen LogP contribution in [0.3, 0.4) is 0 Å². The summed E-state index contributed by atoms with van der Waals surface area (Å²) in [6.07, 6.45) is 0.678. The largest absolute Gasteiger partial charge is 0.395 e. The van der Waals surface area contributed by atoms with Gasteiger partial charge in [0.2, 0.25) is 5.91 Å². The van der Waals surface area contributed by atoms with Gasteiger partial charge in [-0.1, -0.05) is 6.92 Å². The first kappa shape index (κ1) is 12.7. The molecule has 0 aromatic carbocycles. The van der Waals surface area contributed by atoms with E-state index in [1.807, 2.05) is 11.8 Å². The van der Waals surface area contributed by atoms with Crippen molar-refractivity contribution in [2.24, 2.45) is 0 Å². The molecule has 1 unspecified atom stereocenters. The molecular formula is C10H19ClN2O2. The minimum absolute atomic E-state index is 0.0443. The lowest BCUT2D eigenvalue weighted by atomic mass is 10.2. The highest BCUT2D eigenvalue weighted by atomic mass is 35.5. The van der Waals surface area contributed by atoms with E-state index in [4.69, 9.17) is 16.7 Å². The maximum atomic E-state index is 11.7. The molecule has 0 spiro atoms. The van der Waals surface area contributed by atoms with Gasteiger partial charge in [0.15, 0.2) is 0 Å². The van der Waals surface area contributed by atoms with Gasteiger partial charge in [0.1, 0.15) is 5.38 Å². The van der Waals surface area contributed by atoms with Gasteiger partial charge in [-0.15, -0.1) is 11.6 Å². The molecule has 0 aromatic heterocycles. The third-order valence-corrected chi connectivity index (χ3v) is 3.22. The van der Waals surface area contributed by atoms with Crippen LogP contribution in [-0.4, -0.2) is 65.5 Å². The summed E-state index contributed by atoms with van der Waals surface area (Å²) < 4.78 is 0. The van der Waals surface area contributed by atoms with E-state index in [1.54, 1.807) is 0 Å². The van der Waals surface area contributed by atoms with E-state index in [-0.39, 0.29) is 17.9 Å². The van der Waals surface area contributed by atoms with Gasteiger partial charge in [-0.05, 0) is 6.42 Å². The van der Waals surface area contributed by atoms with Gasteiger partial charge in [0.25, 0.3) is 0 Å². The normalized spacial score (nSPS) is 20.3. The Morgan fingerprint density at radius 2 is 2.00 bits per heavy atom. The van der Waals surface area contributed by atoms with Gasteiger partial charge < -0.3 is 10.0 Å². The Morgan fingerprint density at radius 3 is 2.47 bits per heavy atom. The molecule has 0 aromatic rings. The van der Waals surface area contributed by atoms with Crippen molar-refractivity contribution in [2.75, 3.05) is 39.3 Å². The molecule has 88 valence electrons. The summed E-state index contributed by atoms with van der Waals surface area (Å²) in [6, 6.07) is 0. The van der Waals surface area contributed by atoms with Gasteiger partial charge >= 0.3 is 0 Å². The molecule has 1 aliphatic heterocycles. The fourth-order valence-corrected chi connectivity index (χ4v) is 1.84. The highest BCUT2D eigenvalue weighted by Crippen LogP contribution is 2.09. The summed E-state index contributed by atoms with van der Waals surface area (Å²) in [5.41, 5.74) is 0. The number of carbonyl (C=O) groups excluding carboxylic acids is 1. The van der Waals surface area contributed by atoms with Crippen molar-refractivity contribution in [1.29, 1.82) is 0 Å². The molecule has 1 amide bonds. The monoisotopic (exact) mass is 234 g/mol. The van der Waals surface area contributed by atoms with Crippen molar-refractivity contribution < 1.29 is 9.90 Å². The van der Waals surface area contributed by atoms with E-state index < -0.39 is 0 Å². The third-order valence-electron chi connectivity index (χ3n) is 2.73. The predicted molar refractivity (Wildman–Crippen MR) is 60.0 cm³/mol. The Labute approximate surface area is 95.8 Å². The van der Waals surface area contributed by atoms with Gasteiger partial charge in [0, 0.05) is 32.7 Å². The van der Waals surface area contributed by atoms with Crippen molar-refractivity contribution in [3.8, 4) is 0 Å². The predicted octanol–water partition coefficient (Wildman–Crippen LogP) is 0.140. The first-order chi connectivity index (χ1) is 7.19. The third kappa shape index (κ3) is 3.63. The Bertz CT molecular complexity index is 206. The summed E-state index contributed by atoms with van der Waals surface area (Å²) >= 11 is 5.90. The van der Waals surface area contributed by atoms with Crippen LogP contribution in [0.4, 0.5) is 0 Å². The lowest BCUT2D eigenvalue weighted by Crippen LogP contribution is -2.51. The lowest BCUT2D eigenvalue weighted by Gasteiger charge is -2.35. The van der Waals surface area contributed by atoms with E-state index in [9.17, 15) is 4.79 Å². The molecule has 1 saturated heterocycles. The molecule has 5 heteroatoms. The first-order valence-corrected chi connectivity index (χ1v) is 5.88. The summed E-state index contributed by atoms with van der Waals surface area (Å²) in [4.78, 5) is 15.7. The molecule has 0 saturated carbocycles. The van der Waals surface area contributed by atoms with E-state index >= 15 is 0 Å². The number of rotatable bonds is 4. The quantitative estimate of drug-likeness (QED) is 0.704. The second-order valence-electron chi connectivity index (χ2n) is 3.77. The molecule has 0 aliphatic carbocycles. The minimum atomic E-state index is -0.380. The minimum Gasteiger partial charge on any atom is -0.395 e. The van der Waals surface area contributed by atoms with E-state index in [2.05, 4.69) is 4.90 Å². The number of carbonyl (C=O) groups is 1. The maximum Gasteiger partial charge on any atom is 0.240 e. The van der Waals surface area contributed by atoms with Crippen LogP contribution in [0.25, 0.3) is 0 Å². The Kier molecular flexibility index (Phi) is 5.36. The number of hydrogen-bond donors (Lipinski definition) is 1. The zero-order valence-electron chi connectivity index (χ0n) is 9.15. The maximum absolute atomic E-state index is 11.7. The number of hydrogen-bond acceptors (Lipinski definition) is 3. The topological polar surface area (TPSA) is 43.8 Å². The number of amides is 1. The second-order valence-corrected chi connectivity index (χ2v) is 4.29. The van der Waals surface area contributed by atoms with Crippen molar-refractivity contribution >= 4 is 17.5 Å². The van der Waals surface area contributed by atoms with Crippen LogP contribution < -0.4 is 0 Å². The zero-order valence-corrected chi connectivity index (χ0v) is 9.91. The molecule has 1 fully saturated rings. The Balaban J connectivity index is 2.33. The summed E-state index contributed by atoms with van der Waals surface area (Å²) in [5.74, 6) is 0.0443. The molecule has 15 heavy (non-hydrogen) atoms.